The van der Waals surface area contributed by atoms with Crippen molar-refractivity contribution < 1.29 is 14.2 Å². The second kappa shape index (κ2) is 11.8. The highest BCUT2D eigenvalue weighted by Gasteiger charge is 2.19. The van der Waals surface area contributed by atoms with Crippen LogP contribution >= 0.6 is 23.2 Å². The molecule has 1 aromatic carbocycles. The highest BCUT2D eigenvalue weighted by Crippen LogP contribution is 2.34. The number of fused-ring (bicyclic) bond motifs is 1. The van der Waals surface area contributed by atoms with Crippen LogP contribution in [0.1, 0.15) is 48.4 Å². The third kappa shape index (κ3) is 5.99. The zero-order chi connectivity index (χ0) is 26.6. The summed E-state index contributed by atoms with van der Waals surface area (Å²) in [4.78, 5) is 10.8. The number of ether oxygens (including phenoxy) is 1. The number of aromatic nitrogens is 4. The number of pyridine rings is 2. The first-order valence-electron chi connectivity index (χ1n) is 12.5. The van der Waals surface area contributed by atoms with E-state index in [-0.39, 0.29) is 6.61 Å². The Hall–Kier alpha value is -3.04. The maximum atomic E-state index is 15.2. The van der Waals surface area contributed by atoms with Crippen molar-refractivity contribution in [3.8, 4) is 5.75 Å². The van der Waals surface area contributed by atoms with Gasteiger partial charge in [0.25, 0.3) is 0 Å². The van der Waals surface area contributed by atoms with E-state index in [4.69, 9.17) is 27.9 Å². The quantitative estimate of drug-likeness (QED) is 0.259. The Morgan fingerprint density at radius 3 is 2.63 bits per heavy atom. The van der Waals surface area contributed by atoms with Gasteiger partial charge < -0.3 is 9.84 Å². The summed E-state index contributed by atoms with van der Waals surface area (Å²) in [7, 11) is 0. The molecule has 0 saturated carbocycles. The summed E-state index contributed by atoms with van der Waals surface area (Å²) in [5.74, 6) is 0.527. The maximum Gasteiger partial charge on any atom is 0.134 e. The molecule has 0 radical (unpaired) electrons. The van der Waals surface area contributed by atoms with Crippen LogP contribution in [0.25, 0.3) is 22.8 Å². The van der Waals surface area contributed by atoms with Gasteiger partial charge >= 0.3 is 0 Å². The van der Waals surface area contributed by atoms with Crippen LogP contribution in [0.4, 0.5) is 4.39 Å². The predicted octanol–water partition coefficient (Wildman–Crippen LogP) is 6.47. The lowest BCUT2D eigenvalue weighted by atomic mass is 9.98. The molecule has 0 amide bonds. The molecule has 1 fully saturated rings. The minimum atomic E-state index is -0.434. The van der Waals surface area contributed by atoms with Crippen LogP contribution in [0, 0.1) is 5.92 Å². The number of aromatic amines is 1. The summed E-state index contributed by atoms with van der Waals surface area (Å²) < 4.78 is 21.3. The normalized spacial score (nSPS) is 16.2. The maximum absolute atomic E-state index is 15.2. The van der Waals surface area contributed by atoms with E-state index in [0.717, 1.165) is 37.1 Å². The van der Waals surface area contributed by atoms with Gasteiger partial charge in [-0.05, 0) is 69.1 Å². The highest BCUT2D eigenvalue weighted by atomic mass is 35.5. The van der Waals surface area contributed by atoms with Crippen LogP contribution in [-0.2, 0) is 6.54 Å². The van der Waals surface area contributed by atoms with Crippen LogP contribution in [0.15, 0.2) is 48.9 Å². The summed E-state index contributed by atoms with van der Waals surface area (Å²) in [5, 5.41) is 18.1. The van der Waals surface area contributed by atoms with Crippen LogP contribution in [0.5, 0.6) is 5.75 Å². The van der Waals surface area contributed by atoms with E-state index in [0.29, 0.717) is 50.5 Å². The van der Waals surface area contributed by atoms with Crippen molar-refractivity contribution in [2.75, 3.05) is 19.7 Å². The molecule has 7 nitrogen and oxygen atoms in total. The van der Waals surface area contributed by atoms with Crippen molar-refractivity contribution in [3.05, 3.63) is 81.5 Å². The summed E-state index contributed by atoms with van der Waals surface area (Å²) in [5.41, 5.74) is 3.12. The van der Waals surface area contributed by atoms with Crippen LogP contribution < -0.4 is 4.74 Å². The molecule has 0 bridgehead atoms. The molecule has 5 rings (SSSR count). The van der Waals surface area contributed by atoms with E-state index in [1.54, 1.807) is 24.4 Å². The van der Waals surface area contributed by atoms with Gasteiger partial charge in [-0.2, -0.15) is 5.10 Å². The molecule has 3 aromatic heterocycles. The molecule has 1 saturated heterocycles. The molecule has 2 N–H and O–H groups in total. The SMILES string of the molecule is C[C@H](Oc1ccc2[nH]nc(/C=C(\F)c3ccc(CN4CCC(CO)CC4)nc3)c2c1)c1c(Cl)cncc1Cl. The van der Waals surface area contributed by atoms with E-state index in [1.165, 1.54) is 18.5 Å². The summed E-state index contributed by atoms with van der Waals surface area (Å²) in [6, 6.07) is 9.03. The van der Waals surface area contributed by atoms with Crippen LogP contribution in [0.3, 0.4) is 0 Å². The molecular formula is C28H28Cl2FN5O2. The summed E-state index contributed by atoms with van der Waals surface area (Å²) >= 11 is 12.5. The van der Waals surface area contributed by atoms with Crippen molar-refractivity contribution in [3.63, 3.8) is 0 Å². The molecule has 4 heterocycles. The molecule has 0 aliphatic carbocycles. The summed E-state index contributed by atoms with van der Waals surface area (Å²) in [6.07, 6.45) is 7.53. The molecule has 1 atom stereocenters. The lowest BCUT2D eigenvalue weighted by molar-refractivity contribution is 0.126. The number of halogens is 3. The van der Waals surface area contributed by atoms with Gasteiger partial charge in [-0.25, -0.2) is 4.39 Å². The number of nitrogens with zero attached hydrogens (tertiary/aromatic N) is 4. The molecule has 0 spiro atoms. The zero-order valence-electron chi connectivity index (χ0n) is 20.9. The standard InChI is InChI=1S/C28H28Cl2FN5O2/c1-17(28-23(29)13-32-14-24(28)30)38-21-4-5-26-22(10-21)27(35-34-26)11-25(31)19-2-3-20(33-12-19)15-36-8-6-18(16-37)7-9-36/h2-5,10-14,17-18,37H,6-9,15-16H2,1H3,(H,34,35)/b25-11-/t17-/m0/s1. The average molecular weight is 556 g/mol. The van der Waals surface area contributed by atoms with Crippen molar-refractivity contribution in [1.82, 2.24) is 25.1 Å². The fourth-order valence-corrected chi connectivity index (χ4v) is 5.36. The van der Waals surface area contributed by atoms with E-state index in [1.807, 2.05) is 19.1 Å². The van der Waals surface area contributed by atoms with Gasteiger partial charge in [-0.1, -0.05) is 23.2 Å². The number of benzene rings is 1. The van der Waals surface area contributed by atoms with Crippen LogP contribution in [0.2, 0.25) is 10.0 Å². The number of hydrogen-bond donors (Lipinski definition) is 2. The lowest BCUT2D eigenvalue weighted by Crippen LogP contribution is -2.34. The first kappa shape index (κ1) is 26.6. The fraction of sp³-hybridized carbons (Fsp3) is 0.321. The first-order valence-corrected chi connectivity index (χ1v) is 13.3. The third-order valence-electron chi connectivity index (χ3n) is 6.89. The van der Waals surface area contributed by atoms with Crippen molar-refractivity contribution in [1.29, 1.82) is 0 Å². The lowest BCUT2D eigenvalue weighted by Gasteiger charge is -2.30. The predicted molar refractivity (Wildman–Crippen MR) is 148 cm³/mol. The third-order valence-corrected chi connectivity index (χ3v) is 7.49. The highest BCUT2D eigenvalue weighted by molar-refractivity contribution is 6.35. The molecule has 4 aromatic rings. The van der Waals surface area contributed by atoms with Gasteiger partial charge in [-0.3, -0.25) is 20.0 Å². The molecular weight excluding hydrogens is 528 g/mol. The second-order valence-corrected chi connectivity index (χ2v) is 10.3. The second-order valence-electron chi connectivity index (χ2n) is 9.53. The first-order chi connectivity index (χ1) is 18.4. The number of aliphatic hydroxyl groups excluding tert-OH is 1. The van der Waals surface area contributed by atoms with Gasteiger partial charge in [0, 0.05) is 54.3 Å². The molecule has 198 valence electrons. The topological polar surface area (TPSA) is 87.2 Å². The Kier molecular flexibility index (Phi) is 8.24. The number of hydrogen-bond acceptors (Lipinski definition) is 6. The van der Waals surface area contributed by atoms with Gasteiger partial charge in [0.05, 0.1) is 26.9 Å². The van der Waals surface area contributed by atoms with Gasteiger partial charge in [0.1, 0.15) is 17.7 Å². The van der Waals surface area contributed by atoms with Gasteiger partial charge in [0.2, 0.25) is 0 Å². The summed E-state index contributed by atoms with van der Waals surface area (Å²) in [6.45, 7) is 4.68. The number of H-pyrrole nitrogens is 1. The minimum Gasteiger partial charge on any atom is -0.486 e. The Bertz CT molecular complexity index is 1410. The Balaban J connectivity index is 1.30. The van der Waals surface area contributed by atoms with Crippen LogP contribution in [-0.4, -0.2) is 49.9 Å². The molecule has 10 heteroatoms. The number of piperidine rings is 1. The Morgan fingerprint density at radius 2 is 1.95 bits per heavy atom. The molecule has 1 aliphatic rings. The van der Waals surface area contributed by atoms with Gasteiger partial charge in [-0.15, -0.1) is 0 Å². The van der Waals surface area contributed by atoms with Crippen molar-refractivity contribution in [2.24, 2.45) is 5.92 Å². The molecule has 0 unspecified atom stereocenters. The van der Waals surface area contributed by atoms with Gasteiger partial charge in [0.15, 0.2) is 0 Å². The molecule has 1 aliphatic heterocycles. The minimum absolute atomic E-state index is 0.250. The van der Waals surface area contributed by atoms with E-state index >= 15 is 4.39 Å². The monoisotopic (exact) mass is 555 g/mol. The Labute approximate surface area is 230 Å². The Morgan fingerprint density at radius 1 is 1.18 bits per heavy atom. The van der Waals surface area contributed by atoms with Crippen molar-refractivity contribution in [2.45, 2.75) is 32.4 Å². The van der Waals surface area contributed by atoms with E-state index in [9.17, 15) is 5.11 Å². The number of nitrogens with one attached hydrogen (secondary N) is 1. The smallest absolute Gasteiger partial charge is 0.134 e. The number of likely N-dealkylation sites (tertiary alicyclic amines) is 1. The van der Waals surface area contributed by atoms with Crippen molar-refractivity contribution >= 4 is 46.0 Å². The molecule has 38 heavy (non-hydrogen) atoms. The van der Waals surface area contributed by atoms with E-state index < -0.39 is 11.9 Å². The fourth-order valence-electron chi connectivity index (χ4n) is 4.69. The average Bonchev–Trinajstić information content (AvgIpc) is 3.31. The largest absolute Gasteiger partial charge is 0.486 e. The zero-order valence-corrected chi connectivity index (χ0v) is 22.4. The number of rotatable bonds is 8. The number of aliphatic hydroxyl groups is 1. The van der Waals surface area contributed by atoms with E-state index in [2.05, 4.69) is 25.1 Å².